The Hall–Kier alpha value is -3.33. The third kappa shape index (κ3) is 4.41. The highest BCUT2D eigenvalue weighted by Gasteiger charge is 2.33. The number of hydrogen-bond acceptors (Lipinski definition) is 5. The zero-order valence-electron chi connectivity index (χ0n) is 17.2. The van der Waals surface area contributed by atoms with Crippen molar-refractivity contribution >= 4 is 34.6 Å². The molecule has 31 heavy (non-hydrogen) atoms. The van der Waals surface area contributed by atoms with Gasteiger partial charge < -0.3 is 15.5 Å². The normalized spacial score (nSPS) is 15.7. The summed E-state index contributed by atoms with van der Waals surface area (Å²) in [6.45, 7) is 4.56. The van der Waals surface area contributed by atoms with Crippen molar-refractivity contribution in [3.05, 3.63) is 69.4 Å². The first-order valence-electron chi connectivity index (χ1n) is 9.97. The van der Waals surface area contributed by atoms with E-state index >= 15 is 0 Å². The first-order chi connectivity index (χ1) is 14.9. The van der Waals surface area contributed by atoms with Crippen molar-refractivity contribution < 1.29 is 14.0 Å². The number of likely N-dealkylation sites (tertiary alicyclic amines) is 1. The Morgan fingerprint density at radius 1 is 1.06 bits per heavy atom. The summed E-state index contributed by atoms with van der Waals surface area (Å²) >= 11 is 1.12. The van der Waals surface area contributed by atoms with Crippen molar-refractivity contribution in [2.45, 2.75) is 32.7 Å². The van der Waals surface area contributed by atoms with Gasteiger partial charge in [-0.2, -0.15) is 0 Å². The molecule has 2 N–H and O–H groups in total. The highest BCUT2D eigenvalue weighted by molar-refractivity contribution is 7.13. The second-order valence-corrected chi connectivity index (χ2v) is 8.42. The Morgan fingerprint density at radius 2 is 1.84 bits per heavy atom. The molecule has 9 heteroatoms. The van der Waals surface area contributed by atoms with Crippen molar-refractivity contribution in [1.29, 1.82) is 0 Å². The van der Waals surface area contributed by atoms with Crippen molar-refractivity contribution in [3.63, 3.8) is 0 Å². The summed E-state index contributed by atoms with van der Waals surface area (Å²) in [7, 11) is 0. The van der Waals surface area contributed by atoms with Crippen molar-refractivity contribution in [2.75, 3.05) is 17.2 Å². The Labute approximate surface area is 183 Å². The number of benzene rings is 2. The third-order valence-electron chi connectivity index (χ3n) is 5.40. The number of carbonyl (C=O) groups is 2. The zero-order valence-corrected chi connectivity index (χ0v) is 18.0. The minimum atomic E-state index is -0.529. The molecule has 1 atom stereocenters. The van der Waals surface area contributed by atoms with Crippen LogP contribution in [0, 0.1) is 19.7 Å². The van der Waals surface area contributed by atoms with E-state index in [-0.39, 0.29) is 22.8 Å². The zero-order chi connectivity index (χ0) is 22.0. The molecule has 1 saturated heterocycles. The smallest absolute Gasteiger partial charge is 0.317 e. The molecule has 0 bridgehead atoms. The molecule has 1 aromatic heterocycles. The summed E-state index contributed by atoms with van der Waals surface area (Å²) in [5.41, 5.74) is 2.98. The molecule has 1 aliphatic heterocycles. The number of aromatic nitrogens is 2. The highest BCUT2D eigenvalue weighted by atomic mass is 32.1. The Morgan fingerprint density at radius 3 is 2.65 bits per heavy atom. The maximum absolute atomic E-state index is 13.8. The van der Waals surface area contributed by atoms with Crippen LogP contribution in [-0.4, -0.2) is 33.6 Å². The SMILES string of the molecule is Cc1cccc(NC(=O)N2CCCC2c2nnc(C(=O)Nc3ccccc3F)s2)c1C. The number of rotatable bonds is 4. The monoisotopic (exact) mass is 439 g/mol. The first kappa shape index (κ1) is 20.9. The molecule has 7 nitrogen and oxygen atoms in total. The predicted octanol–water partition coefficient (Wildman–Crippen LogP) is 4.92. The Kier molecular flexibility index (Phi) is 5.94. The topological polar surface area (TPSA) is 87.2 Å². The standard InChI is InChI=1S/C22H22FN5O2S/c1-13-7-5-10-16(14(13)2)25-22(30)28-12-6-11-18(28)20-26-27-21(31-20)19(29)24-17-9-4-3-8-15(17)23/h3-5,7-10,18H,6,11-12H2,1-2H3,(H,24,29)(H,25,30). The summed E-state index contributed by atoms with van der Waals surface area (Å²) in [6, 6.07) is 11.3. The van der Waals surface area contributed by atoms with Gasteiger partial charge in [0, 0.05) is 12.2 Å². The van der Waals surface area contributed by atoms with Gasteiger partial charge in [0.15, 0.2) is 0 Å². The molecule has 0 radical (unpaired) electrons. The highest BCUT2D eigenvalue weighted by Crippen LogP contribution is 2.34. The molecule has 2 heterocycles. The number of carbonyl (C=O) groups excluding carboxylic acids is 2. The lowest BCUT2D eigenvalue weighted by molar-refractivity contribution is 0.102. The molecule has 1 fully saturated rings. The van der Waals surface area contributed by atoms with E-state index in [0.717, 1.165) is 41.0 Å². The van der Waals surface area contributed by atoms with Crippen LogP contribution in [0.3, 0.4) is 0 Å². The lowest BCUT2D eigenvalue weighted by atomic mass is 10.1. The van der Waals surface area contributed by atoms with Gasteiger partial charge in [0.2, 0.25) is 5.01 Å². The number of urea groups is 1. The van der Waals surface area contributed by atoms with Gasteiger partial charge in [0.25, 0.3) is 5.91 Å². The van der Waals surface area contributed by atoms with E-state index in [1.54, 1.807) is 17.0 Å². The second kappa shape index (κ2) is 8.81. The number of nitrogens with one attached hydrogen (secondary N) is 2. The molecule has 160 valence electrons. The summed E-state index contributed by atoms with van der Waals surface area (Å²) < 4.78 is 13.8. The molecule has 2 aromatic carbocycles. The Balaban J connectivity index is 1.47. The number of amides is 3. The largest absolute Gasteiger partial charge is 0.322 e. The van der Waals surface area contributed by atoms with Crippen LogP contribution in [0.2, 0.25) is 0 Å². The van der Waals surface area contributed by atoms with Crippen LogP contribution in [-0.2, 0) is 0 Å². The molecule has 1 aliphatic rings. The number of halogens is 1. The van der Waals surface area contributed by atoms with E-state index in [2.05, 4.69) is 20.8 Å². The van der Waals surface area contributed by atoms with E-state index in [4.69, 9.17) is 0 Å². The second-order valence-electron chi connectivity index (χ2n) is 7.41. The summed E-state index contributed by atoms with van der Waals surface area (Å²) in [4.78, 5) is 27.1. The fourth-order valence-electron chi connectivity index (χ4n) is 3.54. The van der Waals surface area contributed by atoms with Crippen LogP contribution in [0.25, 0.3) is 0 Å². The van der Waals surface area contributed by atoms with E-state index < -0.39 is 11.7 Å². The van der Waals surface area contributed by atoms with Gasteiger partial charge in [0.1, 0.15) is 10.8 Å². The van der Waals surface area contributed by atoms with Crippen molar-refractivity contribution in [2.24, 2.45) is 0 Å². The summed E-state index contributed by atoms with van der Waals surface area (Å²) in [5, 5.41) is 14.3. The minimum Gasteiger partial charge on any atom is -0.317 e. The molecule has 0 spiro atoms. The van der Waals surface area contributed by atoms with Crippen LogP contribution >= 0.6 is 11.3 Å². The number of anilines is 2. The van der Waals surface area contributed by atoms with Crippen LogP contribution in [0.15, 0.2) is 42.5 Å². The molecule has 3 aromatic rings. The molecule has 3 amide bonds. The molecule has 0 aliphatic carbocycles. The third-order valence-corrected chi connectivity index (χ3v) is 6.43. The lowest BCUT2D eigenvalue weighted by Crippen LogP contribution is -2.34. The minimum absolute atomic E-state index is 0.0830. The average Bonchev–Trinajstić information content (AvgIpc) is 3.42. The molecule has 0 saturated carbocycles. The fourth-order valence-corrected chi connectivity index (χ4v) is 4.43. The molecular formula is C22H22FN5O2S. The van der Waals surface area contributed by atoms with Gasteiger partial charge in [-0.25, -0.2) is 9.18 Å². The van der Waals surface area contributed by atoms with E-state index in [9.17, 15) is 14.0 Å². The van der Waals surface area contributed by atoms with Gasteiger partial charge in [-0.05, 0) is 56.0 Å². The van der Waals surface area contributed by atoms with Crippen LogP contribution < -0.4 is 10.6 Å². The van der Waals surface area contributed by atoms with Gasteiger partial charge in [-0.1, -0.05) is 35.6 Å². The lowest BCUT2D eigenvalue weighted by Gasteiger charge is -2.23. The quantitative estimate of drug-likeness (QED) is 0.604. The first-order valence-corrected chi connectivity index (χ1v) is 10.8. The molecular weight excluding hydrogens is 417 g/mol. The number of para-hydroxylation sites is 1. The fraction of sp³-hybridized carbons (Fsp3) is 0.273. The van der Waals surface area contributed by atoms with Crippen LogP contribution in [0.5, 0.6) is 0 Å². The predicted molar refractivity (Wildman–Crippen MR) is 118 cm³/mol. The average molecular weight is 440 g/mol. The van der Waals surface area contributed by atoms with Gasteiger partial charge in [-0.3, -0.25) is 4.79 Å². The number of nitrogens with zero attached hydrogens (tertiary/aromatic N) is 3. The van der Waals surface area contributed by atoms with Crippen LogP contribution in [0.4, 0.5) is 20.6 Å². The summed E-state index contributed by atoms with van der Waals surface area (Å²) in [6.07, 6.45) is 1.57. The van der Waals surface area contributed by atoms with Crippen molar-refractivity contribution in [3.8, 4) is 0 Å². The maximum Gasteiger partial charge on any atom is 0.322 e. The molecule has 1 unspecified atom stereocenters. The van der Waals surface area contributed by atoms with Crippen molar-refractivity contribution in [1.82, 2.24) is 15.1 Å². The van der Waals surface area contributed by atoms with Gasteiger partial charge in [-0.15, -0.1) is 10.2 Å². The van der Waals surface area contributed by atoms with E-state index in [1.165, 1.54) is 12.1 Å². The maximum atomic E-state index is 13.8. The van der Waals surface area contributed by atoms with Gasteiger partial charge in [0.05, 0.1) is 11.7 Å². The molecule has 4 rings (SSSR count). The Bertz CT molecular complexity index is 1130. The number of aryl methyl sites for hydroxylation is 1. The number of hydrogen-bond donors (Lipinski definition) is 2. The van der Waals surface area contributed by atoms with Crippen LogP contribution in [0.1, 0.15) is 44.8 Å². The van der Waals surface area contributed by atoms with E-state index in [0.29, 0.717) is 11.6 Å². The van der Waals surface area contributed by atoms with Gasteiger partial charge >= 0.3 is 6.03 Å². The van der Waals surface area contributed by atoms with E-state index in [1.807, 2.05) is 32.0 Å². The summed E-state index contributed by atoms with van der Waals surface area (Å²) in [5.74, 6) is -1.05.